The van der Waals surface area contributed by atoms with Crippen molar-refractivity contribution in [1.29, 1.82) is 0 Å². The molecule has 2 aromatic rings. The number of ether oxygens (including phenoxy) is 1. The van der Waals surface area contributed by atoms with Crippen LogP contribution in [0.25, 0.3) is 0 Å². The van der Waals surface area contributed by atoms with Crippen molar-refractivity contribution in [2.24, 2.45) is 0 Å². The molecule has 17 heavy (non-hydrogen) atoms. The molecule has 0 saturated heterocycles. The molecule has 0 N–H and O–H groups in total. The molecule has 0 saturated carbocycles. The van der Waals surface area contributed by atoms with Crippen molar-refractivity contribution in [2.45, 2.75) is 22.7 Å². The third-order valence-electron chi connectivity index (χ3n) is 1.88. The van der Waals surface area contributed by atoms with Crippen molar-refractivity contribution in [2.75, 3.05) is 7.11 Å². The lowest BCUT2D eigenvalue weighted by molar-refractivity contribution is 0.398. The Morgan fingerprint density at radius 3 is 2.94 bits per heavy atom. The van der Waals surface area contributed by atoms with E-state index in [9.17, 15) is 0 Å². The monoisotopic (exact) mass is 288 g/mol. The molecule has 0 aliphatic carbocycles. The minimum atomic E-state index is 0.297. The summed E-state index contributed by atoms with van der Waals surface area (Å²) in [5, 5.41) is 0.941. The predicted molar refractivity (Wildman–Crippen MR) is 67.0 cm³/mol. The molecule has 0 aliphatic rings. The third-order valence-corrected chi connectivity index (χ3v) is 3.92. The van der Waals surface area contributed by atoms with E-state index in [4.69, 9.17) is 16.3 Å². The zero-order valence-corrected chi connectivity index (χ0v) is 11.6. The van der Waals surface area contributed by atoms with Crippen molar-refractivity contribution in [1.82, 2.24) is 19.3 Å². The summed E-state index contributed by atoms with van der Waals surface area (Å²) in [6, 6.07) is 0. The summed E-state index contributed by atoms with van der Waals surface area (Å²) in [5.74, 6) is 1.30. The van der Waals surface area contributed by atoms with Crippen LogP contribution in [0, 0.1) is 0 Å². The van der Waals surface area contributed by atoms with Crippen molar-refractivity contribution in [3.63, 3.8) is 0 Å². The van der Waals surface area contributed by atoms with E-state index in [0.717, 1.165) is 16.6 Å². The van der Waals surface area contributed by atoms with Gasteiger partial charge >= 0.3 is 0 Å². The fourth-order valence-electron chi connectivity index (χ4n) is 1.09. The maximum Gasteiger partial charge on any atom is 0.189 e. The number of methoxy groups -OCH3 is 1. The van der Waals surface area contributed by atoms with Crippen LogP contribution >= 0.6 is 34.9 Å². The lowest BCUT2D eigenvalue weighted by Gasteiger charge is -2.05. The topological polar surface area (TPSA) is 60.8 Å². The average molecular weight is 289 g/mol. The average Bonchev–Trinajstić information content (AvgIpc) is 2.77. The number of hydrogen-bond donors (Lipinski definition) is 0. The summed E-state index contributed by atoms with van der Waals surface area (Å²) >= 11 is 8.62. The number of aromatic nitrogens is 4. The fourth-order valence-corrected chi connectivity index (χ4v) is 3.04. The highest BCUT2D eigenvalue weighted by Crippen LogP contribution is 2.36. The molecule has 2 rings (SSSR count). The zero-order valence-electron chi connectivity index (χ0n) is 9.18. The first-order valence-corrected chi connectivity index (χ1v) is 6.76. The first-order valence-electron chi connectivity index (χ1n) is 4.79. The Bertz CT molecular complexity index is 519. The van der Waals surface area contributed by atoms with Gasteiger partial charge in [0, 0.05) is 6.42 Å². The lowest BCUT2D eigenvalue weighted by atomic mass is 10.5. The highest BCUT2D eigenvalue weighted by atomic mass is 35.5. The second-order valence-electron chi connectivity index (χ2n) is 2.94. The van der Waals surface area contributed by atoms with Gasteiger partial charge in [-0.1, -0.05) is 18.5 Å². The number of halogens is 1. The molecule has 8 heteroatoms. The minimum Gasteiger partial charge on any atom is -0.491 e. The van der Waals surface area contributed by atoms with Gasteiger partial charge in [0.1, 0.15) is 12.2 Å². The second-order valence-corrected chi connectivity index (χ2v) is 5.28. The van der Waals surface area contributed by atoms with Gasteiger partial charge in [0.15, 0.2) is 20.3 Å². The molecule has 2 aromatic heterocycles. The Morgan fingerprint density at radius 1 is 1.47 bits per heavy atom. The molecule has 0 aliphatic heterocycles. The fraction of sp³-hybridized carbons (Fsp3) is 0.333. The summed E-state index contributed by atoms with van der Waals surface area (Å²) in [7, 11) is 1.53. The van der Waals surface area contributed by atoms with Crippen LogP contribution in [0.15, 0.2) is 15.7 Å². The SMILES string of the molecule is CCc1nsc(Sc2ncnc(Cl)c2OC)n1. The van der Waals surface area contributed by atoms with Gasteiger partial charge in [-0.25, -0.2) is 15.0 Å². The van der Waals surface area contributed by atoms with Gasteiger partial charge in [0.25, 0.3) is 0 Å². The Morgan fingerprint density at radius 2 is 2.29 bits per heavy atom. The van der Waals surface area contributed by atoms with Crippen LogP contribution in [0.3, 0.4) is 0 Å². The van der Waals surface area contributed by atoms with Gasteiger partial charge < -0.3 is 4.74 Å². The Balaban J connectivity index is 2.26. The number of hydrogen-bond acceptors (Lipinski definition) is 7. The zero-order chi connectivity index (χ0) is 12.3. The maximum atomic E-state index is 5.91. The highest BCUT2D eigenvalue weighted by Gasteiger charge is 2.14. The Hall–Kier alpha value is -0.920. The summed E-state index contributed by atoms with van der Waals surface area (Å²) < 4.78 is 10.2. The van der Waals surface area contributed by atoms with Crippen molar-refractivity contribution in [3.8, 4) is 5.75 Å². The van der Waals surface area contributed by atoms with E-state index in [1.165, 1.54) is 36.7 Å². The molecule has 2 heterocycles. The van der Waals surface area contributed by atoms with E-state index in [1.54, 1.807) is 0 Å². The van der Waals surface area contributed by atoms with Gasteiger partial charge in [-0.3, -0.25) is 0 Å². The van der Waals surface area contributed by atoms with E-state index in [2.05, 4.69) is 19.3 Å². The van der Waals surface area contributed by atoms with Crippen LogP contribution in [0.5, 0.6) is 5.75 Å². The van der Waals surface area contributed by atoms with E-state index >= 15 is 0 Å². The molecule has 0 amide bonds. The molecule has 90 valence electrons. The van der Waals surface area contributed by atoms with Crippen LogP contribution in [0.1, 0.15) is 12.7 Å². The Labute approximate surface area is 112 Å². The summed E-state index contributed by atoms with van der Waals surface area (Å²) in [5.41, 5.74) is 0. The van der Waals surface area contributed by atoms with Crippen molar-refractivity contribution < 1.29 is 4.74 Å². The molecule has 0 radical (unpaired) electrons. The molecule has 0 atom stereocenters. The smallest absolute Gasteiger partial charge is 0.189 e. The standard InChI is InChI=1S/C9H9ClN4OS2/c1-3-5-13-9(17-14-5)16-8-6(15-2)7(10)11-4-12-8/h4H,3H2,1-2H3. The van der Waals surface area contributed by atoms with E-state index in [0.29, 0.717) is 15.9 Å². The normalized spacial score (nSPS) is 10.5. The predicted octanol–water partition coefficient (Wildman–Crippen LogP) is 2.70. The number of nitrogens with zero attached hydrogens (tertiary/aromatic N) is 4. The largest absolute Gasteiger partial charge is 0.491 e. The summed E-state index contributed by atoms with van der Waals surface area (Å²) in [6.45, 7) is 2.01. The van der Waals surface area contributed by atoms with Gasteiger partial charge in [-0.15, -0.1) is 0 Å². The number of aryl methyl sites for hydroxylation is 1. The molecule has 0 spiro atoms. The summed E-state index contributed by atoms with van der Waals surface area (Å²) in [6.07, 6.45) is 2.22. The molecular weight excluding hydrogens is 280 g/mol. The third kappa shape index (κ3) is 2.85. The van der Waals surface area contributed by atoms with Gasteiger partial charge in [0.2, 0.25) is 0 Å². The lowest BCUT2D eigenvalue weighted by Crippen LogP contribution is -1.92. The second kappa shape index (κ2) is 5.61. The molecule has 0 fully saturated rings. The first-order chi connectivity index (χ1) is 8.24. The van der Waals surface area contributed by atoms with E-state index in [1.807, 2.05) is 6.92 Å². The summed E-state index contributed by atoms with van der Waals surface area (Å²) in [4.78, 5) is 12.3. The van der Waals surface area contributed by atoms with Gasteiger partial charge in [-0.2, -0.15) is 4.37 Å². The first kappa shape index (κ1) is 12.5. The molecule has 0 aromatic carbocycles. The quantitative estimate of drug-likeness (QED) is 0.806. The van der Waals surface area contributed by atoms with Crippen LogP contribution in [0.2, 0.25) is 5.15 Å². The molecular formula is C9H9ClN4OS2. The minimum absolute atomic E-state index is 0.297. The van der Waals surface area contributed by atoms with Crippen LogP contribution in [-0.4, -0.2) is 26.4 Å². The number of rotatable bonds is 4. The van der Waals surface area contributed by atoms with Crippen LogP contribution < -0.4 is 4.74 Å². The molecule has 0 bridgehead atoms. The molecule has 0 unspecified atom stereocenters. The van der Waals surface area contributed by atoms with Crippen LogP contribution in [-0.2, 0) is 6.42 Å². The van der Waals surface area contributed by atoms with Crippen LogP contribution in [0.4, 0.5) is 0 Å². The van der Waals surface area contributed by atoms with E-state index < -0.39 is 0 Å². The van der Waals surface area contributed by atoms with Crippen molar-refractivity contribution in [3.05, 3.63) is 17.3 Å². The van der Waals surface area contributed by atoms with E-state index in [-0.39, 0.29) is 0 Å². The highest BCUT2D eigenvalue weighted by molar-refractivity contribution is 8.01. The van der Waals surface area contributed by atoms with Gasteiger partial charge in [0.05, 0.1) is 7.11 Å². The Kier molecular flexibility index (Phi) is 4.14. The maximum absolute atomic E-state index is 5.91. The van der Waals surface area contributed by atoms with Crippen molar-refractivity contribution >= 4 is 34.9 Å². The molecule has 5 nitrogen and oxygen atoms in total. The van der Waals surface area contributed by atoms with Gasteiger partial charge in [-0.05, 0) is 23.3 Å².